The van der Waals surface area contributed by atoms with Gasteiger partial charge in [0, 0.05) is 4.88 Å². The molecule has 1 aromatic heterocycles. The summed E-state index contributed by atoms with van der Waals surface area (Å²) in [7, 11) is 0. The molecule has 4 saturated carbocycles. The van der Waals surface area contributed by atoms with E-state index < -0.39 is 5.60 Å². The van der Waals surface area contributed by atoms with Gasteiger partial charge in [0.2, 0.25) is 5.91 Å². The van der Waals surface area contributed by atoms with E-state index in [2.05, 4.69) is 18.3 Å². The number of hydrogen-bond acceptors (Lipinski definition) is 3. The van der Waals surface area contributed by atoms with Gasteiger partial charge in [0.05, 0.1) is 17.1 Å². The first-order valence-corrected chi connectivity index (χ1v) is 8.93. The number of aliphatic hydroxyl groups is 1. The van der Waals surface area contributed by atoms with Crippen molar-refractivity contribution in [3.63, 3.8) is 0 Å². The zero-order chi connectivity index (χ0) is 14.7. The van der Waals surface area contributed by atoms with E-state index in [1.807, 2.05) is 11.4 Å². The molecular formula is C17H23NO2S. The van der Waals surface area contributed by atoms with Gasteiger partial charge in [-0.15, -0.1) is 11.3 Å². The fourth-order valence-corrected chi connectivity index (χ4v) is 6.17. The van der Waals surface area contributed by atoms with Crippen LogP contribution in [0.1, 0.15) is 56.4 Å². The van der Waals surface area contributed by atoms with Gasteiger partial charge in [-0.2, -0.15) is 0 Å². The molecule has 0 radical (unpaired) electrons. The Labute approximate surface area is 129 Å². The molecule has 3 unspecified atom stereocenters. The average Bonchev–Trinajstić information content (AvgIpc) is 2.89. The minimum Gasteiger partial charge on any atom is -0.390 e. The van der Waals surface area contributed by atoms with Crippen molar-refractivity contribution in [2.24, 2.45) is 17.3 Å². The summed E-state index contributed by atoms with van der Waals surface area (Å²) in [5.41, 5.74) is -0.863. The summed E-state index contributed by atoms with van der Waals surface area (Å²) >= 11 is 1.69. The van der Waals surface area contributed by atoms with Crippen LogP contribution < -0.4 is 5.32 Å². The lowest BCUT2D eigenvalue weighted by molar-refractivity contribution is -0.178. The van der Waals surface area contributed by atoms with Crippen molar-refractivity contribution in [2.45, 2.75) is 57.1 Å². The highest BCUT2D eigenvalue weighted by atomic mass is 32.1. The van der Waals surface area contributed by atoms with Crippen molar-refractivity contribution in [1.82, 2.24) is 5.32 Å². The Kier molecular flexibility index (Phi) is 2.99. The van der Waals surface area contributed by atoms with Gasteiger partial charge in [0.15, 0.2) is 0 Å². The Morgan fingerprint density at radius 1 is 1.38 bits per heavy atom. The fourth-order valence-electron chi connectivity index (χ4n) is 5.44. The van der Waals surface area contributed by atoms with Crippen LogP contribution in [0.2, 0.25) is 0 Å². The Hall–Kier alpha value is -0.870. The van der Waals surface area contributed by atoms with E-state index in [4.69, 9.17) is 0 Å². The molecule has 0 spiro atoms. The van der Waals surface area contributed by atoms with Crippen molar-refractivity contribution in [1.29, 1.82) is 0 Å². The van der Waals surface area contributed by atoms with Gasteiger partial charge >= 0.3 is 0 Å². The van der Waals surface area contributed by atoms with Crippen LogP contribution in [0.25, 0.3) is 0 Å². The Balaban J connectivity index is 1.54. The van der Waals surface area contributed by atoms with E-state index >= 15 is 0 Å². The smallest absolute Gasteiger partial charge is 0.226 e. The molecular weight excluding hydrogens is 282 g/mol. The molecule has 3 nitrogen and oxygen atoms in total. The van der Waals surface area contributed by atoms with Crippen LogP contribution in [-0.4, -0.2) is 16.6 Å². The molecule has 4 fully saturated rings. The average molecular weight is 305 g/mol. The fraction of sp³-hybridized carbons (Fsp3) is 0.706. The third-order valence-corrected chi connectivity index (χ3v) is 6.88. The second kappa shape index (κ2) is 4.56. The quantitative estimate of drug-likeness (QED) is 0.900. The number of carbonyl (C=O) groups is 1. The second-order valence-electron chi connectivity index (χ2n) is 7.68. The third-order valence-electron chi connectivity index (χ3n) is 5.83. The molecule has 0 saturated heterocycles. The van der Waals surface area contributed by atoms with Crippen molar-refractivity contribution in [3.8, 4) is 0 Å². The molecule has 21 heavy (non-hydrogen) atoms. The van der Waals surface area contributed by atoms with Gasteiger partial charge in [-0.25, -0.2) is 0 Å². The van der Waals surface area contributed by atoms with Crippen LogP contribution in [0.3, 0.4) is 0 Å². The van der Waals surface area contributed by atoms with Crippen molar-refractivity contribution < 1.29 is 9.90 Å². The molecule has 4 bridgehead atoms. The predicted octanol–water partition coefficient (Wildman–Crippen LogP) is 3.26. The van der Waals surface area contributed by atoms with E-state index in [1.165, 1.54) is 11.3 Å². The van der Waals surface area contributed by atoms with Gasteiger partial charge in [-0.3, -0.25) is 4.79 Å². The SMILES string of the molecule is CC(NC(=O)C12CC3CC(CC(O)(C3)C1)C2)c1cccs1. The summed E-state index contributed by atoms with van der Waals surface area (Å²) < 4.78 is 0. The summed E-state index contributed by atoms with van der Waals surface area (Å²) in [6, 6.07) is 4.17. The monoisotopic (exact) mass is 305 g/mol. The first-order chi connectivity index (χ1) is 9.98. The standard InChI is InChI=1S/C17H23NO2S/c1-11(14-3-2-4-21-14)18-15(19)16-6-12-5-13(7-16)9-17(20,8-12)10-16/h2-4,11-13,20H,5-10H2,1H3,(H,18,19). The number of nitrogens with one attached hydrogen (secondary N) is 1. The topological polar surface area (TPSA) is 49.3 Å². The normalized spacial score (nSPS) is 42.0. The van der Waals surface area contributed by atoms with Crippen LogP contribution >= 0.6 is 11.3 Å². The lowest BCUT2D eigenvalue weighted by atomic mass is 9.47. The molecule has 2 N–H and O–H groups in total. The highest BCUT2D eigenvalue weighted by Crippen LogP contribution is 2.61. The second-order valence-corrected chi connectivity index (χ2v) is 8.66. The number of hydrogen-bond donors (Lipinski definition) is 2. The Morgan fingerprint density at radius 2 is 2.10 bits per heavy atom. The number of rotatable bonds is 3. The van der Waals surface area contributed by atoms with Crippen LogP contribution in [0.4, 0.5) is 0 Å². The summed E-state index contributed by atoms with van der Waals surface area (Å²) in [6.07, 6.45) is 5.69. The van der Waals surface area contributed by atoms with E-state index in [-0.39, 0.29) is 17.4 Å². The van der Waals surface area contributed by atoms with E-state index in [1.54, 1.807) is 11.3 Å². The summed E-state index contributed by atoms with van der Waals surface area (Å²) in [5.74, 6) is 1.29. The molecule has 4 heteroatoms. The molecule has 1 heterocycles. The number of carbonyl (C=O) groups excluding carboxylic acids is 1. The minimum atomic E-state index is -0.562. The van der Waals surface area contributed by atoms with Crippen molar-refractivity contribution in [2.75, 3.05) is 0 Å². The maximum Gasteiger partial charge on any atom is 0.226 e. The zero-order valence-corrected chi connectivity index (χ0v) is 13.3. The molecule has 4 aliphatic rings. The predicted molar refractivity (Wildman–Crippen MR) is 82.9 cm³/mol. The highest BCUT2D eigenvalue weighted by Gasteiger charge is 2.60. The molecule has 1 aromatic rings. The highest BCUT2D eigenvalue weighted by molar-refractivity contribution is 7.10. The lowest BCUT2D eigenvalue weighted by Gasteiger charge is -2.59. The zero-order valence-electron chi connectivity index (χ0n) is 12.5. The molecule has 5 rings (SSSR count). The Morgan fingerprint density at radius 3 is 2.67 bits per heavy atom. The van der Waals surface area contributed by atoms with Crippen molar-refractivity contribution >= 4 is 17.2 Å². The molecule has 0 aliphatic heterocycles. The molecule has 114 valence electrons. The molecule has 1 amide bonds. The molecule has 4 aliphatic carbocycles. The summed E-state index contributed by atoms with van der Waals surface area (Å²) in [4.78, 5) is 14.1. The van der Waals surface area contributed by atoms with E-state index in [0.29, 0.717) is 18.3 Å². The van der Waals surface area contributed by atoms with Gasteiger partial charge in [0.1, 0.15) is 0 Å². The van der Waals surface area contributed by atoms with Crippen LogP contribution in [-0.2, 0) is 4.79 Å². The van der Waals surface area contributed by atoms with Crippen LogP contribution in [0, 0.1) is 17.3 Å². The van der Waals surface area contributed by atoms with Gasteiger partial charge < -0.3 is 10.4 Å². The number of thiophene rings is 1. The molecule has 3 atom stereocenters. The summed E-state index contributed by atoms with van der Waals surface area (Å²) in [6.45, 7) is 2.05. The maximum absolute atomic E-state index is 12.9. The lowest BCUT2D eigenvalue weighted by Crippen LogP contribution is -2.60. The van der Waals surface area contributed by atoms with E-state index in [0.717, 1.165) is 25.7 Å². The van der Waals surface area contributed by atoms with Gasteiger partial charge in [-0.1, -0.05) is 6.07 Å². The number of amides is 1. The Bertz CT molecular complexity index is 539. The maximum atomic E-state index is 12.9. The first-order valence-electron chi connectivity index (χ1n) is 8.05. The third kappa shape index (κ3) is 2.23. The van der Waals surface area contributed by atoms with Gasteiger partial charge in [0.25, 0.3) is 0 Å². The first kappa shape index (κ1) is 13.8. The van der Waals surface area contributed by atoms with Gasteiger partial charge in [-0.05, 0) is 68.7 Å². The van der Waals surface area contributed by atoms with Crippen molar-refractivity contribution in [3.05, 3.63) is 22.4 Å². The van der Waals surface area contributed by atoms with E-state index in [9.17, 15) is 9.90 Å². The van der Waals surface area contributed by atoms with Crippen LogP contribution in [0.15, 0.2) is 17.5 Å². The van der Waals surface area contributed by atoms with Crippen LogP contribution in [0.5, 0.6) is 0 Å². The summed E-state index contributed by atoms with van der Waals surface area (Å²) in [5, 5.41) is 16.0. The largest absolute Gasteiger partial charge is 0.390 e. The minimum absolute atomic E-state index is 0.0696. The molecule has 0 aromatic carbocycles.